The molecule has 0 aliphatic carbocycles. The molecule has 1 aromatic rings. The number of hydrogen-bond donors (Lipinski definition) is 1. The van der Waals surface area contributed by atoms with Crippen LogP contribution in [0, 0.1) is 35.0 Å². The maximum atomic E-state index is 13.4. The first kappa shape index (κ1) is 14.7. The Morgan fingerprint density at radius 2 is 1.22 bits per heavy atom. The number of rotatable bonds is 4. The summed E-state index contributed by atoms with van der Waals surface area (Å²) in [7, 11) is 0. The van der Waals surface area contributed by atoms with E-state index in [4.69, 9.17) is 0 Å². The Kier molecular flexibility index (Phi) is 4.53. The average molecular weight is 267 g/mol. The lowest BCUT2D eigenvalue weighted by Gasteiger charge is -2.22. The second-order valence-corrected chi connectivity index (χ2v) is 4.35. The standard InChI is InChI=1S/C12H14F5N/c1-4-6(5(2)3)18-12-10(16)8(14)7(13)9(15)11(12)17/h5-6,18H,4H2,1-3H3. The number of benzene rings is 1. The predicted molar refractivity (Wildman–Crippen MR) is 58.8 cm³/mol. The minimum Gasteiger partial charge on any atom is -0.377 e. The molecule has 18 heavy (non-hydrogen) atoms. The van der Waals surface area contributed by atoms with Crippen LogP contribution in [0.5, 0.6) is 0 Å². The van der Waals surface area contributed by atoms with E-state index >= 15 is 0 Å². The van der Waals surface area contributed by atoms with Gasteiger partial charge in [0.15, 0.2) is 23.3 Å². The van der Waals surface area contributed by atoms with E-state index in [1.165, 1.54) is 0 Å². The van der Waals surface area contributed by atoms with E-state index < -0.39 is 34.8 Å². The summed E-state index contributed by atoms with van der Waals surface area (Å²) in [6.45, 7) is 5.32. The molecule has 102 valence electrons. The van der Waals surface area contributed by atoms with Gasteiger partial charge in [-0.15, -0.1) is 0 Å². The second-order valence-electron chi connectivity index (χ2n) is 4.35. The van der Waals surface area contributed by atoms with Crippen LogP contribution in [0.3, 0.4) is 0 Å². The van der Waals surface area contributed by atoms with Gasteiger partial charge in [0.1, 0.15) is 5.69 Å². The van der Waals surface area contributed by atoms with Crippen LogP contribution in [0.15, 0.2) is 0 Å². The minimum absolute atomic E-state index is 0.00928. The maximum absolute atomic E-state index is 13.4. The Bertz CT molecular complexity index is 416. The molecule has 0 heterocycles. The normalized spacial score (nSPS) is 12.9. The van der Waals surface area contributed by atoms with E-state index in [-0.39, 0.29) is 12.0 Å². The Hall–Kier alpha value is -1.33. The van der Waals surface area contributed by atoms with Gasteiger partial charge in [0.25, 0.3) is 0 Å². The summed E-state index contributed by atoms with van der Waals surface area (Å²) in [6, 6.07) is -0.377. The van der Waals surface area contributed by atoms with E-state index in [2.05, 4.69) is 5.32 Å². The first-order valence-corrected chi connectivity index (χ1v) is 5.59. The van der Waals surface area contributed by atoms with Crippen molar-refractivity contribution < 1.29 is 22.0 Å². The van der Waals surface area contributed by atoms with Gasteiger partial charge < -0.3 is 5.32 Å². The van der Waals surface area contributed by atoms with Crippen molar-refractivity contribution in [3.05, 3.63) is 29.1 Å². The number of nitrogens with one attached hydrogen (secondary N) is 1. The first-order valence-electron chi connectivity index (χ1n) is 5.59. The molecule has 1 rings (SSSR count). The SMILES string of the molecule is CCC(Nc1c(F)c(F)c(F)c(F)c1F)C(C)C. The monoisotopic (exact) mass is 267 g/mol. The molecule has 0 aliphatic heterocycles. The van der Waals surface area contributed by atoms with Crippen molar-refractivity contribution in [3.8, 4) is 0 Å². The van der Waals surface area contributed by atoms with Crippen molar-refractivity contribution in [1.82, 2.24) is 0 Å². The van der Waals surface area contributed by atoms with Crippen LogP contribution >= 0.6 is 0 Å². The molecule has 0 fully saturated rings. The van der Waals surface area contributed by atoms with Crippen molar-refractivity contribution in [2.24, 2.45) is 5.92 Å². The lowest BCUT2D eigenvalue weighted by atomic mass is 10.0. The maximum Gasteiger partial charge on any atom is 0.200 e. The molecule has 0 aliphatic rings. The van der Waals surface area contributed by atoms with Crippen molar-refractivity contribution >= 4 is 5.69 Å². The molecule has 0 saturated carbocycles. The Labute approximate surface area is 102 Å². The van der Waals surface area contributed by atoms with Crippen molar-refractivity contribution in [2.45, 2.75) is 33.2 Å². The lowest BCUT2D eigenvalue weighted by Crippen LogP contribution is -2.26. The van der Waals surface area contributed by atoms with Gasteiger partial charge in [-0.05, 0) is 12.3 Å². The smallest absolute Gasteiger partial charge is 0.200 e. The highest BCUT2D eigenvalue weighted by Crippen LogP contribution is 2.28. The van der Waals surface area contributed by atoms with Crippen LogP contribution in [-0.2, 0) is 0 Å². The molecule has 0 saturated heterocycles. The van der Waals surface area contributed by atoms with Crippen LogP contribution in [0.1, 0.15) is 27.2 Å². The van der Waals surface area contributed by atoms with E-state index in [1.54, 1.807) is 20.8 Å². The molecule has 0 radical (unpaired) electrons. The number of hydrogen-bond acceptors (Lipinski definition) is 1. The third-order valence-corrected chi connectivity index (χ3v) is 2.78. The predicted octanol–water partition coefficient (Wildman–Crippen LogP) is 4.23. The highest BCUT2D eigenvalue weighted by molar-refractivity contribution is 5.48. The zero-order valence-corrected chi connectivity index (χ0v) is 10.3. The number of halogens is 5. The van der Waals surface area contributed by atoms with Gasteiger partial charge in [0, 0.05) is 6.04 Å². The summed E-state index contributed by atoms with van der Waals surface area (Å²) in [5.41, 5.74) is -0.966. The fourth-order valence-corrected chi connectivity index (χ4v) is 1.66. The third-order valence-electron chi connectivity index (χ3n) is 2.78. The third kappa shape index (κ3) is 2.57. The molecule has 1 aromatic carbocycles. The first-order chi connectivity index (χ1) is 8.31. The van der Waals surface area contributed by atoms with Crippen LogP contribution < -0.4 is 5.32 Å². The van der Waals surface area contributed by atoms with Crippen molar-refractivity contribution in [2.75, 3.05) is 5.32 Å². The molecule has 6 heteroatoms. The van der Waals surface area contributed by atoms with E-state index in [0.29, 0.717) is 6.42 Å². The summed E-state index contributed by atoms with van der Waals surface area (Å²) in [5, 5.41) is 2.38. The van der Waals surface area contributed by atoms with E-state index in [0.717, 1.165) is 0 Å². The van der Waals surface area contributed by atoms with Gasteiger partial charge in [0.05, 0.1) is 0 Å². The van der Waals surface area contributed by atoms with Crippen LogP contribution in [-0.4, -0.2) is 6.04 Å². The molecule has 1 N–H and O–H groups in total. The Morgan fingerprint density at radius 1 is 0.833 bits per heavy atom. The molecule has 0 spiro atoms. The summed E-state index contributed by atoms with van der Waals surface area (Å²) in [6.07, 6.45) is 0.497. The molecule has 1 nitrogen and oxygen atoms in total. The largest absolute Gasteiger partial charge is 0.377 e. The molecule has 0 amide bonds. The van der Waals surface area contributed by atoms with Gasteiger partial charge in [-0.25, -0.2) is 22.0 Å². The van der Waals surface area contributed by atoms with E-state index in [1.807, 2.05) is 0 Å². The topological polar surface area (TPSA) is 12.0 Å². The highest BCUT2D eigenvalue weighted by Gasteiger charge is 2.27. The average Bonchev–Trinajstić information content (AvgIpc) is 2.34. The molecule has 1 unspecified atom stereocenters. The zero-order chi connectivity index (χ0) is 14.0. The lowest BCUT2D eigenvalue weighted by molar-refractivity contribution is 0.379. The van der Waals surface area contributed by atoms with Gasteiger partial charge in [-0.2, -0.15) is 0 Å². The van der Waals surface area contributed by atoms with Gasteiger partial charge in [0.2, 0.25) is 5.82 Å². The summed E-state index contributed by atoms with van der Waals surface area (Å²) < 4.78 is 65.5. The summed E-state index contributed by atoms with van der Waals surface area (Å²) >= 11 is 0. The Morgan fingerprint density at radius 3 is 1.56 bits per heavy atom. The minimum atomic E-state index is -2.15. The van der Waals surface area contributed by atoms with Crippen molar-refractivity contribution in [3.63, 3.8) is 0 Å². The Balaban J connectivity index is 3.25. The van der Waals surface area contributed by atoms with Crippen molar-refractivity contribution in [1.29, 1.82) is 0 Å². The van der Waals surface area contributed by atoms with E-state index in [9.17, 15) is 22.0 Å². The van der Waals surface area contributed by atoms with Crippen LogP contribution in [0.4, 0.5) is 27.6 Å². The zero-order valence-electron chi connectivity index (χ0n) is 10.3. The van der Waals surface area contributed by atoms with Gasteiger partial charge >= 0.3 is 0 Å². The fourth-order valence-electron chi connectivity index (χ4n) is 1.66. The molecular formula is C12H14F5N. The summed E-state index contributed by atoms with van der Waals surface area (Å²) in [5.74, 6) is -9.68. The molecule has 0 aromatic heterocycles. The van der Waals surface area contributed by atoms with Crippen LogP contribution in [0.2, 0.25) is 0 Å². The van der Waals surface area contributed by atoms with Gasteiger partial charge in [-0.3, -0.25) is 0 Å². The van der Waals surface area contributed by atoms with Gasteiger partial charge in [-0.1, -0.05) is 20.8 Å². The highest BCUT2D eigenvalue weighted by atomic mass is 19.2. The van der Waals surface area contributed by atoms with Crippen LogP contribution in [0.25, 0.3) is 0 Å². The molecule has 0 bridgehead atoms. The quantitative estimate of drug-likeness (QED) is 0.489. The number of anilines is 1. The molecular weight excluding hydrogens is 253 g/mol. The summed E-state index contributed by atoms with van der Waals surface area (Å²) in [4.78, 5) is 0. The second kappa shape index (κ2) is 5.54. The fraction of sp³-hybridized carbons (Fsp3) is 0.500. The molecule has 1 atom stereocenters.